The molecule has 1 aliphatic rings. The van der Waals surface area contributed by atoms with E-state index in [2.05, 4.69) is 5.32 Å². The molecule has 0 bridgehead atoms. The fraction of sp³-hybridized carbons (Fsp3) is 0.481. The predicted molar refractivity (Wildman–Crippen MR) is 140 cm³/mol. The lowest BCUT2D eigenvalue weighted by Gasteiger charge is -2.33. The van der Waals surface area contributed by atoms with E-state index < -0.39 is 22.0 Å². The zero-order chi connectivity index (χ0) is 25.6. The zero-order valence-electron chi connectivity index (χ0n) is 21.2. The summed E-state index contributed by atoms with van der Waals surface area (Å²) in [4.78, 5) is 28.3. The molecule has 8 heteroatoms. The summed E-state index contributed by atoms with van der Waals surface area (Å²) in [6.07, 6.45) is 6.33. The van der Waals surface area contributed by atoms with Crippen LogP contribution in [-0.4, -0.2) is 50.0 Å². The summed E-state index contributed by atoms with van der Waals surface area (Å²) in [7, 11) is -3.72. The topological polar surface area (TPSA) is 86.8 Å². The Hall–Kier alpha value is -2.87. The monoisotopic (exact) mass is 499 g/mol. The van der Waals surface area contributed by atoms with Crippen LogP contribution in [0.5, 0.6) is 0 Å². The molecule has 0 aliphatic heterocycles. The molecular formula is C27H37N3O4S. The first-order chi connectivity index (χ1) is 16.5. The lowest BCUT2D eigenvalue weighted by atomic mass is 9.95. The highest BCUT2D eigenvalue weighted by atomic mass is 32.2. The minimum atomic E-state index is -3.72. The molecule has 3 rings (SSSR count). The molecule has 2 aromatic rings. The van der Waals surface area contributed by atoms with Crippen LogP contribution in [0.25, 0.3) is 0 Å². The van der Waals surface area contributed by atoms with Crippen molar-refractivity contribution in [1.29, 1.82) is 0 Å². The molecule has 35 heavy (non-hydrogen) atoms. The molecule has 1 fully saturated rings. The van der Waals surface area contributed by atoms with Gasteiger partial charge in [0.2, 0.25) is 21.8 Å². The smallest absolute Gasteiger partial charge is 0.244 e. The van der Waals surface area contributed by atoms with Crippen LogP contribution in [-0.2, 0) is 26.2 Å². The van der Waals surface area contributed by atoms with Crippen molar-refractivity contribution in [1.82, 2.24) is 10.2 Å². The number of benzene rings is 2. The van der Waals surface area contributed by atoms with Crippen molar-refractivity contribution < 1.29 is 18.0 Å². The Labute approximate surface area is 209 Å². The number of carbonyl (C=O) groups is 2. The molecule has 0 spiro atoms. The quantitative estimate of drug-likeness (QED) is 0.566. The third-order valence-corrected chi connectivity index (χ3v) is 7.70. The molecule has 1 N–H and O–H groups in total. The maximum atomic E-state index is 13.6. The number of anilines is 1. The number of carbonyl (C=O) groups excluding carboxylic acids is 2. The number of hydrogen-bond acceptors (Lipinski definition) is 4. The van der Waals surface area contributed by atoms with E-state index >= 15 is 0 Å². The van der Waals surface area contributed by atoms with Crippen molar-refractivity contribution in [3.05, 3.63) is 65.2 Å². The molecular weight excluding hydrogens is 462 g/mol. The van der Waals surface area contributed by atoms with Gasteiger partial charge >= 0.3 is 0 Å². The Kier molecular flexibility index (Phi) is 8.94. The van der Waals surface area contributed by atoms with Gasteiger partial charge in [-0.05, 0) is 51.3 Å². The van der Waals surface area contributed by atoms with Gasteiger partial charge in [-0.3, -0.25) is 13.9 Å². The van der Waals surface area contributed by atoms with Gasteiger partial charge in [0.25, 0.3) is 0 Å². The summed E-state index contributed by atoms with van der Waals surface area (Å²) in [5.41, 5.74) is 3.34. The van der Waals surface area contributed by atoms with E-state index in [1.807, 2.05) is 50.2 Å². The summed E-state index contributed by atoms with van der Waals surface area (Å²) >= 11 is 0. The number of aryl methyl sites for hydroxylation is 2. The van der Waals surface area contributed by atoms with Crippen LogP contribution >= 0.6 is 0 Å². The van der Waals surface area contributed by atoms with Crippen LogP contribution in [0.15, 0.2) is 48.5 Å². The number of hydrogen-bond donors (Lipinski definition) is 1. The molecule has 2 amide bonds. The Morgan fingerprint density at radius 3 is 2.26 bits per heavy atom. The zero-order valence-corrected chi connectivity index (χ0v) is 22.0. The predicted octanol–water partition coefficient (Wildman–Crippen LogP) is 3.94. The van der Waals surface area contributed by atoms with E-state index in [4.69, 9.17) is 0 Å². The third-order valence-electron chi connectivity index (χ3n) is 6.56. The molecule has 2 aromatic carbocycles. The maximum Gasteiger partial charge on any atom is 0.244 e. The maximum absolute atomic E-state index is 13.6. The fourth-order valence-corrected chi connectivity index (χ4v) is 5.33. The summed E-state index contributed by atoms with van der Waals surface area (Å²) in [6.45, 7) is 5.43. The van der Waals surface area contributed by atoms with Crippen LogP contribution in [0.2, 0.25) is 0 Å². The summed E-state index contributed by atoms with van der Waals surface area (Å²) < 4.78 is 26.3. The molecule has 1 aliphatic carbocycles. The number of nitrogens with one attached hydrogen (secondary N) is 1. The number of sulfonamides is 1. The average Bonchev–Trinajstić information content (AvgIpc) is 2.81. The fourth-order valence-electron chi connectivity index (χ4n) is 4.48. The van der Waals surface area contributed by atoms with Crippen molar-refractivity contribution in [3.8, 4) is 0 Å². The molecule has 0 heterocycles. The first-order valence-electron chi connectivity index (χ1n) is 12.2. The molecule has 190 valence electrons. The van der Waals surface area contributed by atoms with E-state index in [1.165, 1.54) is 11.3 Å². The Balaban J connectivity index is 1.86. The van der Waals surface area contributed by atoms with Crippen LogP contribution in [0.4, 0.5) is 5.69 Å². The van der Waals surface area contributed by atoms with E-state index in [0.29, 0.717) is 5.69 Å². The summed E-state index contributed by atoms with van der Waals surface area (Å²) in [5.74, 6) is -0.636. The second-order valence-electron chi connectivity index (χ2n) is 9.64. The van der Waals surface area contributed by atoms with Crippen molar-refractivity contribution in [2.75, 3.05) is 17.1 Å². The van der Waals surface area contributed by atoms with Gasteiger partial charge in [0.15, 0.2) is 0 Å². The van der Waals surface area contributed by atoms with E-state index in [1.54, 1.807) is 19.1 Å². The van der Waals surface area contributed by atoms with E-state index in [0.717, 1.165) is 52.9 Å². The van der Waals surface area contributed by atoms with Gasteiger partial charge in [-0.15, -0.1) is 0 Å². The van der Waals surface area contributed by atoms with Gasteiger partial charge in [-0.25, -0.2) is 8.42 Å². The largest absolute Gasteiger partial charge is 0.352 e. The Morgan fingerprint density at radius 2 is 1.66 bits per heavy atom. The SMILES string of the molecule is Cc1ccc(N(CC(=O)N(Cc2cccc(C)c2)C(C)C(=O)NC2CCCCC2)S(C)(=O)=O)cc1. The Bertz CT molecular complexity index is 1130. The number of nitrogens with zero attached hydrogens (tertiary/aromatic N) is 2. The van der Waals surface area contributed by atoms with Crippen molar-refractivity contribution in [2.24, 2.45) is 0 Å². The highest BCUT2D eigenvalue weighted by Gasteiger charge is 2.31. The first kappa shape index (κ1) is 26.7. The second-order valence-corrected chi connectivity index (χ2v) is 11.5. The summed E-state index contributed by atoms with van der Waals surface area (Å²) in [6, 6.07) is 14.1. The van der Waals surface area contributed by atoms with Crippen molar-refractivity contribution in [3.63, 3.8) is 0 Å². The third kappa shape index (κ3) is 7.56. The van der Waals surface area contributed by atoms with Crippen LogP contribution in [0.1, 0.15) is 55.7 Å². The second kappa shape index (κ2) is 11.7. The van der Waals surface area contributed by atoms with Crippen molar-refractivity contribution in [2.45, 2.75) is 71.5 Å². The average molecular weight is 500 g/mol. The lowest BCUT2D eigenvalue weighted by molar-refractivity contribution is -0.139. The molecule has 1 unspecified atom stereocenters. The van der Waals surface area contributed by atoms with E-state index in [9.17, 15) is 18.0 Å². The first-order valence-corrected chi connectivity index (χ1v) is 14.1. The molecule has 1 saturated carbocycles. The number of amides is 2. The molecule has 7 nitrogen and oxygen atoms in total. The van der Waals surface area contributed by atoms with Gasteiger partial charge in [0.1, 0.15) is 12.6 Å². The molecule has 0 saturated heterocycles. The highest BCUT2D eigenvalue weighted by Crippen LogP contribution is 2.21. The minimum absolute atomic E-state index is 0.120. The van der Waals surface area contributed by atoms with Gasteiger partial charge < -0.3 is 10.2 Å². The van der Waals surface area contributed by atoms with Gasteiger partial charge in [0.05, 0.1) is 11.9 Å². The lowest BCUT2D eigenvalue weighted by Crippen LogP contribution is -2.52. The Morgan fingerprint density at radius 1 is 1.00 bits per heavy atom. The minimum Gasteiger partial charge on any atom is -0.352 e. The van der Waals surface area contributed by atoms with Gasteiger partial charge in [-0.1, -0.05) is 66.8 Å². The van der Waals surface area contributed by atoms with E-state index in [-0.39, 0.29) is 25.0 Å². The highest BCUT2D eigenvalue weighted by molar-refractivity contribution is 7.92. The van der Waals surface area contributed by atoms with Crippen LogP contribution in [0.3, 0.4) is 0 Å². The standard InChI is InChI=1S/C27H37N3O4S/c1-20-13-15-25(16-14-20)30(35(4,33)34)19-26(31)29(18-23-10-8-9-21(2)17-23)22(3)27(32)28-24-11-6-5-7-12-24/h8-10,13-17,22,24H,5-7,11-12,18-19H2,1-4H3,(H,28,32). The normalized spacial score (nSPS) is 15.3. The molecule has 0 aromatic heterocycles. The van der Waals surface area contributed by atoms with Crippen LogP contribution < -0.4 is 9.62 Å². The molecule has 1 atom stereocenters. The van der Waals surface area contributed by atoms with Gasteiger partial charge in [0, 0.05) is 12.6 Å². The van der Waals surface area contributed by atoms with Crippen LogP contribution in [0, 0.1) is 13.8 Å². The van der Waals surface area contributed by atoms with Gasteiger partial charge in [-0.2, -0.15) is 0 Å². The number of rotatable bonds is 9. The van der Waals surface area contributed by atoms with Crippen molar-refractivity contribution >= 4 is 27.5 Å². The molecule has 0 radical (unpaired) electrons. The summed E-state index contributed by atoms with van der Waals surface area (Å²) in [5, 5.41) is 3.11.